The molecule has 2 atom stereocenters. The normalized spacial score (nSPS) is 26.9. The van der Waals surface area contributed by atoms with Gasteiger partial charge in [0.05, 0.1) is 16.2 Å². The summed E-state index contributed by atoms with van der Waals surface area (Å²) in [6.45, 7) is 6.16. The van der Waals surface area contributed by atoms with Crippen LogP contribution >= 0.6 is 23.3 Å². The van der Waals surface area contributed by atoms with Crippen molar-refractivity contribution in [1.29, 1.82) is 0 Å². The van der Waals surface area contributed by atoms with E-state index in [1.54, 1.807) is 11.5 Å². The molecule has 0 saturated carbocycles. The number of aryl methyl sites for hydroxylation is 1. The lowest BCUT2D eigenvalue weighted by atomic mass is 9.78. The lowest BCUT2D eigenvalue weighted by Gasteiger charge is -2.45. The molecule has 2 saturated heterocycles. The Labute approximate surface area is 135 Å². The second-order valence-corrected chi connectivity index (χ2v) is 8.17. The van der Waals surface area contributed by atoms with E-state index in [4.69, 9.17) is 4.74 Å². The fraction of sp³-hybridized carbons (Fsp3) is 0.867. The van der Waals surface area contributed by atoms with Crippen molar-refractivity contribution in [2.24, 2.45) is 5.92 Å². The summed E-state index contributed by atoms with van der Waals surface area (Å²) in [6.07, 6.45) is 4.76. The zero-order valence-corrected chi connectivity index (χ0v) is 14.6. The number of nitrogens with one attached hydrogen (secondary N) is 1. The average Bonchev–Trinajstić information content (AvgIpc) is 2.91. The lowest BCUT2D eigenvalue weighted by molar-refractivity contribution is -0.107. The Morgan fingerprint density at radius 2 is 2.24 bits per heavy atom. The highest BCUT2D eigenvalue weighted by atomic mass is 32.2. The van der Waals surface area contributed by atoms with E-state index < -0.39 is 0 Å². The molecule has 0 bridgehead atoms. The van der Waals surface area contributed by atoms with Gasteiger partial charge < -0.3 is 10.1 Å². The van der Waals surface area contributed by atoms with E-state index in [0.717, 1.165) is 25.3 Å². The minimum atomic E-state index is 0.147. The third-order valence-corrected chi connectivity index (χ3v) is 6.69. The molecule has 2 aliphatic heterocycles. The molecule has 0 aliphatic carbocycles. The Hall–Kier alpha value is -0.170. The van der Waals surface area contributed by atoms with Crippen LogP contribution in [0.3, 0.4) is 0 Å². The zero-order chi connectivity index (χ0) is 14.7. The van der Waals surface area contributed by atoms with E-state index in [1.807, 2.05) is 0 Å². The number of thioether (sulfide) groups is 1. The van der Waals surface area contributed by atoms with Gasteiger partial charge in [-0.25, -0.2) is 0 Å². The van der Waals surface area contributed by atoms with Gasteiger partial charge in [0.2, 0.25) is 0 Å². The summed E-state index contributed by atoms with van der Waals surface area (Å²) in [7, 11) is 0. The largest absolute Gasteiger partial charge is 0.375 e. The van der Waals surface area contributed by atoms with Crippen LogP contribution in [0.4, 0.5) is 0 Å². The van der Waals surface area contributed by atoms with Crippen LogP contribution in [-0.4, -0.2) is 39.8 Å². The fourth-order valence-electron chi connectivity index (χ4n) is 3.66. The first-order chi connectivity index (χ1) is 10.2. The number of hydrogen-bond donors (Lipinski definition) is 1. The molecule has 6 heteroatoms. The molecule has 2 unspecified atom stereocenters. The van der Waals surface area contributed by atoms with Crippen LogP contribution in [-0.2, 0) is 4.74 Å². The average molecular weight is 328 g/mol. The summed E-state index contributed by atoms with van der Waals surface area (Å²) < 4.78 is 10.4. The monoisotopic (exact) mass is 327 g/mol. The van der Waals surface area contributed by atoms with Gasteiger partial charge in [-0.1, -0.05) is 11.4 Å². The smallest absolute Gasteiger partial charge is 0.0772 e. The van der Waals surface area contributed by atoms with E-state index in [-0.39, 0.29) is 5.60 Å². The van der Waals surface area contributed by atoms with Gasteiger partial charge in [-0.2, -0.15) is 11.8 Å². The zero-order valence-electron chi connectivity index (χ0n) is 12.9. The van der Waals surface area contributed by atoms with Gasteiger partial charge in [0.25, 0.3) is 0 Å². The Bertz CT molecular complexity index is 454. The van der Waals surface area contributed by atoms with Gasteiger partial charge in [0, 0.05) is 12.6 Å². The standard InChI is InChI=1S/C15H25N3OS2/c1-3-16-13(14-11(2)17-18-21-14)12-4-7-19-15(10-12)5-8-20-9-6-15/h12-13,16H,3-10H2,1-2H3. The minimum Gasteiger partial charge on any atom is -0.375 e. The fourth-order valence-corrected chi connectivity index (χ4v) is 5.71. The second-order valence-electron chi connectivity index (χ2n) is 6.15. The first kappa shape index (κ1) is 15.7. The van der Waals surface area contributed by atoms with E-state index in [2.05, 4.69) is 40.5 Å². The molecular weight excluding hydrogens is 302 g/mol. The Morgan fingerprint density at radius 1 is 1.43 bits per heavy atom. The first-order valence-electron chi connectivity index (χ1n) is 7.98. The van der Waals surface area contributed by atoms with Crippen molar-refractivity contribution in [1.82, 2.24) is 14.9 Å². The number of ether oxygens (including phenoxy) is 1. The molecule has 1 spiro atoms. The van der Waals surface area contributed by atoms with Crippen LogP contribution in [0.1, 0.15) is 49.2 Å². The second kappa shape index (κ2) is 6.94. The highest BCUT2D eigenvalue weighted by Crippen LogP contribution is 2.44. The van der Waals surface area contributed by atoms with Gasteiger partial charge in [-0.3, -0.25) is 0 Å². The van der Waals surface area contributed by atoms with Crippen LogP contribution < -0.4 is 5.32 Å². The summed E-state index contributed by atoms with van der Waals surface area (Å²) in [5.74, 6) is 3.14. The van der Waals surface area contributed by atoms with Crippen LogP contribution in [0.15, 0.2) is 0 Å². The van der Waals surface area contributed by atoms with Crippen molar-refractivity contribution in [3.63, 3.8) is 0 Å². The molecule has 2 fully saturated rings. The summed E-state index contributed by atoms with van der Waals surface area (Å²) in [5.41, 5.74) is 1.24. The van der Waals surface area contributed by atoms with Gasteiger partial charge in [0.1, 0.15) is 0 Å². The predicted molar refractivity (Wildman–Crippen MR) is 89.0 cm³/mol. The Balaban J connectivity index is 1.77. The maximum absolute atomic E-state index is 6.24. The molecular formula is C15H25N3OS2. The summed E-state index contributed by atoms with van der Waals surface area (Å²) in [4.78, 5) is 1.32. The number of rotatable bonds is 4. The molecule has 0 radical (unpaired) electrons. The summed E-state index contributed by atoms with van der Waals surface area (Å²) in [5, 5.41) is 7.90. The molecule has 1 aromatic rings. The highest BCUT2D eigenvalue weighted by molar-refractivity contribution is 7.99. The van der Waals surface area contributed by atoms with Crippen LogP contribution in [0.5, 0.6) is 0 Å². The van der Waals surface area contributed by atoms with E-state index in [1.165, 1.54) is 35.6 Å². The Morgan fingerprint density at radius 3 is 2.90 bits per heavy atom. The van der Waals surface area contributed by atoms with Gasteiger partial charge in [0.15, 0.2) is 0 Å². The SMILES string of the molecule is CCNC(c1snnc1C)C1CCOC2(CCSCC2)C1. The Kier molecular flexibility index (Phi) is 5.19. The third-order valence-electron chi connectivity index (χ3n) is 4.80. The van der Waals surface area contributed by atoms with Gasteiger partial charge in [-0.15, -0.1) is 5.10 Å². The number of hydrogen-bond acceptors (Lipinski definition) is 6. The van der Waals surface area contributed by atoms with E-state index >= 15 is 0 Å². The molecule has 4 nitrogen and oxygen atoms in total. The quantitative estimate of drug-likeness (QED) is 0.920. The van der Waals surface area contributed by atoms with E-state index in [9.17, 15) is 0 Å². The topological polar surface area (TPSA) is 47.0 Å². The summed E-state index contributed by atoms with van der Waals surface area (Å²) in [6, 6.07) is 0.394. The molecule has 0 amide bonds. The molecule has 2 aliphatic rings. The van der Waals surface area contributed by atoms with Crippen molar-refractivity contribution in [3.8, 4) is 0 Å². The maximum atomic E-state index is 6.24. The van der Waals surface area contributed by atoms with Gasteiger partial charge >= 0.3 is 0 Å². The maximum Gasteiger partial charge on any atom is 0.0772 e. The first-order valence-corrected chi connectivity index (χ1v) is 9.91. The van der Waals surface area contributed by atoms with Crippen molar-refractivity contribution in [3.05, 3.63) is 10.6 Å². The molecule has 3 rings (SSSR count). The van der Waals surface area contributed by atoms with Crippen molar-refractivity contribution < 1.29 is 4.74 Å². The minimum absolute atomic E-state index is 0.147. The molecule has 1 N–H and O–H groups in total. The molecule has 0 aromatic carbocycles. The van der Waals surface area contributed by atoms with Crippen LogP contribution in [0.25, 0.3) is 0 Å². The molecule has 1 aromatic heterocycles. The molecule has 118 valence electrons. The third kappa shape index (κ3) is 3.44. The van der Waals surface area contributed by atoms with Crippen molar-refractivity contribution in [2.75, 3.05) is 24.7 Å². The number of aromatic nitrogens is 2. The number of nitrogens with zero attached hydrogens (tertiary/aromatic N) is 2. The summed E-state index contributed by atoms with van der Waals surface area (Å²) >= 11 is 3.63. The molecule has 3 heterocycles. The lowest BCUT2D eigenvalue weighted by Crippen LogP contribution is -2.45. The van der Waals surface area contributed by atoms with Crippen molar-refractivity contribution >= 4 is 23.3 Å². The van der Waals surface area contributed by atoms with E-state index in [0.29, 0.717) is 12.0 Å². The van der Waals surface area contributed by atoms with Crippen LogP contribution in [0.2, 0.25) is 0 Å². The van der Waals surface area contributed by atoms with Crippen LogP contribution in [0, 0.1) is 12.8 Å². The highest BCUT2D eigenvalue weighted by Gasteiger charge is 2.41. The van der Waals surface area contributed by atoms with Gasteiger partial charge in [-0.05, 0) is 68.1 Å². The van der Waals surface area contributed by atoms with Crippen molar-refractivity contribution in [2.45, 2.75) is 51.2 Å². The molecule has 21 heavy (non-hydrogen) atoms. The predicted octanol–water partition coefficient (Wildman–Crippen LogP) is 3.19.